The smallest absolute Gasteiger partial charge is 0.331 e. The van der Waals surface area contributed by atoms with Gasteiger partial charge in [-0.25, -0.2) is 4.79 Å². The molecule has 0 aromatic heterocycles. The number of ether oxygens (including phenoxy) is 4. The summed E-state index contributed by atoms with van der Waals surface area (Å²) in [6, 6.07) is 0. The highest BCUT2D eigenvalue weighted by Gasteiger charge is 2.67. The molecule has 12 atom stereocenters. The maximum absolute atomic E-state index is 12.5. The number of aliphatic hydroxyl groups excluding tert-OH is 4. The van der Waals surface area contributed by atoms with E-state index in [1.54, 1.807) is 6.08 Å². The van der Waals surface area contributed by atoms with Crippen LogP contribution in [0, 0.1) is 28.6 Å². The second-order valence-corrected chi connectivity index (χ2v) is 13.8. The molecule has 4 aliphatic carbocycles. The SMILES string of the molecule is CC(=O)OCC12CCC(OC3(O)OC(CO)C(O)C(O)C3O)CC1CC=C1C2CCC2(C)C(C3=CC(=O)OC3)CCC12O. The Morgan fingerprint density at radius 1 is 1.07 bits per heavy atom. The molecule has 0 aromatic carbocycles. The number of allylic oxidation sites excluding steroid dienone is 1. The molecule has 2 heterocycles. The molecule has 6 rings (SSSR count). The van der Waals surface area contributed by atoms with Gasteiger partial charge in [0.15, 0.2) is 6.10 Å². The van der Waals surface area contributed by atoms with E-state index in [0.717, 1.165) is 30.4 Å². The van der Waals surface area contributed by atoms with E-state index in [-0.39, 0.29) is 36.9 Å². The van der Waals surface area contributed by atoms with E-state index in [1.807, 2.05) is 0 Å². The van der Waals surface area contributed by atoms with Crippen molar-refractivity contribution in [3.63, 3.8) is 0 Å². The molecule has 6 N–H and O–H groups in total. The monoisotopic (exact) mass is 608 g/mol. The molecule has 12 nitrogen and oxygen atoms in total. The van der Waals surface area contributed by atoms with Crippen LogP contribution in [0.2, 0.25) is 0 Å². The molecule has 2 aliphatic heterocycles. The van der Waals surface area contributed by atoms with Crippen molar-refractivity contribution in [3.05, 3.63) is 23.3 Å². The Balaban J connectivity index is 1.27. The van der Waals surface area contributed by atoms with Gasteiger partial charge in [-0.3, -0.25) is 4.79 Å². The van der Waals surface area contributed by atoms with Crippen molar-refractivity contribution in [1.29, 1.82) is 0 Å². The number of hydrogen-bond donors (Lipinski definition) is 6. The van der Waals surface area contributed by atoms with E-state index in [9.17, 15) is 40.2 Å². The maximum atomic E-state index is 12.5. The molecule has 0 aromatic rings. The highest BCUT2D eigenvalue weighted by atomic mass is 16.8. The molecule has 0 radical (unpaired) electrons. The normalized spacial score (nSPS) is 49.3. The van der Waals surface area contributed by atoms with Gasteiger partial charge in [-0.05, 0) is 80.3 Å². The number of aliphatic hydroxyl groups is 6. The van der Waals surface area contributed by atoms with Gasteiger partial charge in [0.25, 0.3) is 0 Å². The quantitative estimate of drug-likeness (QED) is 0.137. The van der Waals surface area contributed by atoms with E-state index >= 15 is 0 Å². The largest absolute Gasteiger partial charge is 0.465 e. The minimum absolute atomic E-state index is 0.0244. The molecule has 12 unspecified atom stereocenters. The number of esters is 2. The molecule has 240 valence electrons. The first-order valence-electron chi connectivity index (χ1n) is 15.4. The molecule has 0 spiro atoms. The third-order valence-corrected chi connectivity index (χ3v) is 11.9. The lowest BCUT2D eigenvalue weighted by molar-refractivity contribution is -0.460. The summed E-state index contributed by atoms with van der Waals surface area (Å²) in [5.74, 6) is -3.46. The number of carbonyl (C=O) groups excluding carboxylic acids is 2. The summed E-state index contributed by atoms with van der Waals surface area (Å²) < 4.78 is 22.2. The summed E-state index contributed by atoms with van der Waals surface area (Å²) in [6.07, 6.45) is 1.11. The van der Waals surface area contributed by atoms with Gasteiger partial charge in [0, 0.05) is 23.8 Å². The Hall–Kier alpha value is -1.90. The zero-order chi connectivity index (χ0) is 30.9. The van der Waals surface area contributed by atoms with E-state index in [1.165, 1.54) is 6.92 Å². The van der Waals surface area contributed by atoms with Crippen LogP contribution in [0.5, 0.6) is 0 Å². The van der Waals surface area contributed by atoms with Crippen LogP contribution in [-0.4, -0.2) is 104 Å². The highest BCUT2D eigenvalue weighted by Crippen LogP contribution is 2.68. The summed E-state index contributed by atoms with van der Waals surface area (Å²) in [5, 5.41) is 64.0. The summed E-state index contributed by atoms with van der Waals surface area (Å²) in [7, 11) is 0. The van der Waals surface area contributed by atoms with Crippen LogP contribution in [0.1, 0.15) is 65.2 Å². The zero-order valence-corrected chi connectivity index (χ0v) is 24.7. The van der Waals surface area contributed by atoms with Gasteiger partial charge in [0.2, 0.25) is 0 Å². The number of cyclic esters (lactones) is 1. The van der Waals surface area contributed by atoms with Gasteiger partial charge in [0.1, 0.15) is 24.9 Å². The van der Waals surface area contributed by atoms with Gasteiger partial charge in [-0.15, -0.1) is 0 Å². The predicted octanol–water partition coefficient (Wildman–Crippen LogP) is 0.212. The number of fused-ring (bicyclic) bond motifs is 5. The Morgan fingerprint density at radius 3 is 2.49 bits per heavy atom. The number of carbonyl (C=O) groups is 2. The molecule has 6 aliphatic rings. The molecule has 0 amide bonds. The van der Waals surface area contributed by atoms with Gasteiger partial charge in [-0.2, -0.15) is 0 Å². The van der Waals surface area contributed by atoms with Crippen molar-refractivity contribution in [2.75, 3.05) is 19.8 Å². The molecule has 12 heteroatoms. The minimum atomic E-state index is -2.64. The van der Waals surface area contributed by atoms with Gasteiger partial charge in [-0.1, -0.05) is 13.0 Å². The predicted molar refractivity (Wildman–Crippen MR) is 146 cm³/mol. The highest BCUT2D eigenvalue weighted by molar-refractivity contribution is 5.85. The van der Waals surface area contributed by atoms with Crippen molar-refractivity contribution in [2.45, 2.75) is 107 Å². The Labute approximate surface area is 250 Å². The van der Waals surface area contributed by atoms with Crippen LogP contribution in [0.3, 0.4) is 0 Å². The fourth-order valence-electron chi connectivity index (χ4n) is 9.54. The number of rotatable bonds is 6. The average Bonchev–Trinajstić information content (AvgIpc) is 3.52. The fourth-order valence-corrected chi connectivity index (χ4v) is 9.54. The van der Waals surface area contributed by atoms with Gasteiger partial charge < -0.3 is 49.6 Å². The van der Waals surface area contributed by atoms with Crippen LogP contribution in [0.4, 0.5) is 0 Å². The summed E-state index contributed by atoms with van der Waals surface area (Å²) in [4.78, 5) is 23.9. The molecule has 1 saturated heterocycles. The molecule has 43 heavy (non-hydrogen) atoms. The lowest BCUT2D eigenvalue weighted by Crippen LogP contribution is -2.67. The Morgan fingerprint density at radius 2 is 1.81 bits per heavy atom. The van der Waals surface area contributed by atoms with Crippen LogP contribution >= 0.6 is 0 Å². The van der Waals surface area contributed by atoms with Crippen LogP contribution < -0.4 is 0 Å². The first-order valence-corrected chi connectivity index (χ1v) is 15.4. The van der Waals surface area contributed by atoms with Crippen LogP contribution in [0.15, 0.2) is 23.3 Å². The molecular weight excluding hydrogens is 564 g/mol. The topological polar surface area (TPSA) is 192 Å². The lowest BCUT2D eigenvalue weighted by Gasteiger charge is -2.61. The fraction of sp³-hybridized carbons (Fsp3) is 0.806. The standard InChI is InChI=1S/C31H44O12/c1-16(33)41-15-29-9-5-19(42-31(39)27(37)26(36)25(35)23(13-32)43-31)12-18(29)3-4-22-21(29)6-8-28(2)20(7-10-30(22,28)38)17-11-24(34)40-14-17/h4,11,18-21,23,25-27,32,35-39H,3,5-10,12-15H2,1-2H3. The Kier molecular flexibility index (Phi) is 7.86. The van der Waals surface area contributed by atoms with E-state index in [2.05, 4.69) is 13.0 Å². The van der Waals surface area contributed by atoms with E-state index in [0.29, 0.717) is 32.1 Å². The van der Waals surface area contributed by atoms with Gasteiger partial charge in [0.05, 0.1) is 24.9 Å². The third-order valence-electron chi connectivity index (χ3n) is 11.9. The molecule has 0 bridgehead atoms. The molecule has 3 saturated carbocycles. The Bertz CT molecular complexity index is 1200. The van der Waals surface area contributed by atoms with Crippen molar-refractivity contribution < 1.29 is 59.2 Å². The lowest BCUT2D eigenvalue weighted by atomic mass is 9.46. The zero-order valence-electron chi connectivity index (χ0n) is 24.7. The summed E-state index contributed by atoms with van der Waals surface area (Å²) in [5.41, 5.74) is -0.134. The second-order valence-electron chi connectivity index (χ2n) is 13.8. The van der Waals surface area contributed by atoms with Gasteiger partial charge >= 0.3 is 17.9 Å². The second kappa shape index (κ2) is 10.9. The van der Waals surface area contributed by atoms with Crippen molar-refractivity contribution in [2.24, 2.45) is 28.6 Å². The first-order chi connectivity index (χ1) is 20.3. The van der Waals surface area contributed by atoms with E-state index in [4.69, 9.17) is 18.9 Å². The minimum Gasteiger partial charge on any atom is -0.465 e. The average molecular weight is 609 g/mol. The third kappa shape index (κ3) is 4.72. The van der Waals surface area contributed by atoms with Crippen molar-refractivity contribution in [3.8, 4) is 0 Å². The molecular formula is C31H44O12. The van der Waals surface area contributed by atoms with Crippen LogP contribution in [-0.2, 0) is 28.5 Å². The number of hydrogen-bond acceptors (Lipinski definition) is 12. The van der Waals surface area contributed by atoms with Crippen molar-refractivity contribution in [1.82, 2.24) is 0 Å². The summed E-state index contributed by atoms with van der Waals surface area (Å²) >= 11 is 0. The summed E-state index contributed by atoms with van der Waals surface area (Å²) in [6.45, 7) is 3.22. The van der Waals surface area contributed by atoms with Crippen molar-refractivity contribution >= 4 is 11.9 Å². The first kappa shape index (κ1) is 31.1. The van der Waals surface area contributed by atoms with E-state index < -0.39 is 65.5 Å². The van der Waals surface area contributed by atoms with Crippen LogP contribution in [0.25, 0.3) is 0 Å². The maximum Gasteiger partial charge on any atom is 0.331 e. The molecule has 4 fully saturated rings.